The zero-order chi connectivity index (χ0) is 17.4. The summed E-state index contributed by atoms with van der Waals surface area (Å²) in [6, 6.07) is 0. The molecule has 23 heavy (non-hydrogen) atoms. The van der Waals surface area contributed by atoms with Gasteiger partial charge in [0.2, 0.25) is 0 Å². The molecular weight excluding hydrogens is 320 g/mol. The quantitative estimate of drug-likeness (QED) is 0.250. The normalized spacial score (nSPS) is 9.91. The van der Waals surface area contributed by atoms with Gasteiger partial charge in [-0.25, -0.2) is 14.4 Å². The molecule has 0 atom stereocenters. The first-order chi connectivity index (χ1) is 11.0. The molecule has 0 aromatic carbocycles. The summed E-state index contributed by atoms with van der Waals surface area (Å²) in [5, 5.41) is 1.68. The van der Waals surface area contributed by atoms with Gasteiger partial charge in [-0.15, -0.1) is 11.3 Å². The monoisotopic (exact) mass is 340 g/mol. The minimum Gasteiger partial charge on any atom is -0.462 e. The number of carbonyl (C=O) groups is 3. The average molecular weight is 340 g/mol. The Kier molecular flexibility index (Phi) is 7.47. The van der Waals surface area contributed by atoms with Crippen molar-refractivity contribution in [3.05, 3.63) is 27.0 Å². The van der Waals surface area contributed by atoms with Crippen molar-refractivity contribution >= 4 is 35.3 Å². The van der Waals surface area contributed by atoms with Gasteiger partial charge in [-0.05, 0) is 50.3 Å². The van der Waals surface area contributed by atoms with Crippen LogP contribution in [-0.4, -0.2) is 37.7 Å². The van der Waals surface area contributed by atoms with Gasteiger partial charge in [-0.2, -0.15) is 0 Å². The number of ether oxygens (including phenoxy) is 3. The largest absolute Gasteiger partial charge is 0.462 e. The molecule has 0 aliphatic rings. The second-order valence-corrected chi connectivity index (χ2v) is 5.24. The molecule has 0 amide bonds. The molecule has 1 aromatic heterocycles. The maximum absolute atomic E-state index is 11.9. The molecule has 1 aromatic rings. The lowest BCUT2D eigenvalue weighted by molar-refractivity contribution is -0.146. The molecule has 1 heterocycles. The Morgan fingerprint density at radius 2 is 1.52 bits per heavy atom. The maximum Gasteiger partial charge on any atom is 0.348 e. The van der Waals surface area contributed by atoms with Crippen LogP contribution in [0.2, 0.25) is 0 Å². The Labute approximate surface area is 139 Å². The van der Waals surface area contributed by atoms with E-state index in [4.69, 9.17) is 14.2 Å². The number of rotatable bonds is 7. The third-order valence-electron chi connectivity index (χ3n) is 2.83. The summed E-state index contributed by atoms with van der Waals surface area (Å²) in [6.07, 6.45) is 1.38. The summed E-state index contributed by atoms with van der Waals surface area (Å²) >= 11 is 1.19. The van der Waals surface area contributed by atoms with E-state index in [2.05, 4.69) is 0 Å². The molecule has 0 N–H and O–H groups in total. The molecule has 6 nitrogen and oxygen atoms in total. The van der Waals surface area contributed by atoms with Crippen molar-refractivity contribution in [1.29, 1.82) is 0 Å². The predicted octanol–water partition coefficient (Wildman–Crippen LogP) is 2.74. The molecule has 0 fully saturated rings. The first kappa shape index (κ1) is 18.9. The van der Waals surface area contributed by atoms with Crippen LogP contribution in [0.4, 0.5) is 0 Å². The number of thiophene rings is 1. The topological polar surface area (TPSA) is 78.9 Å². The Hall–Kier alpha value is -2.15. The fourth-order valence-corrected chi connectivity index (χ4v) is 2.68. The van der Waals surface area contributed by atoms with Gasteiger partial charge in [0.1, 0.15) is 10.5 Å². The van der Waals surface area contributed by atoms with E-state index >= 15 is 0 Å². The van der Waals surface area contributed by atoms with E-state index in [1.807, 2.05) is 0 Å². The first-order valence-electron chi connectivity index (χ1n) is 7.27. The van der Waals surface area contributed by atoms with Crippen LogP contribution >= 0.6 is 11.3 Å². The second-order valence-electron chi connectivity index (χ2n) is 4.36. The van der Waals surface area contributed by atoms with Gasteiger partial charge < -0.3 is 14.2 Å². The van der Waals surface area contributed by atoms with E-state index in [-0.39, 0.29) is 25.4 Å². The van der Waals surface area contributed by atoms with Crippen molar-refractivity contribution in [2.45, 2.75) is 27.7 Å². The number of carbonyl (C=O) groups excluding carboxylic acids is 3. The zero-order valence-electron chi connectivity index (χ0n) is 13.6. The minimum atomic E-state index is -0.755. The van der Waals surface area contributed by atoms with E-state index in [9.17, 15) is 14.4 Å². The molecule has 0 saturated heterocycles. The van der Waals surface area contributed by atoms with Crippen molar-refractivity contribution in [2.24, 2.45) is 0 Å². The van der Waals surface area contributed by atoms with Crippen LogP contribution < -0.4 is 0 Å². The lowest BCUT2D eigenvalue weighted by Crippen LogP contribution is -2.18. The van der Waals surface area contributed by atoms with Gasteiger partial charge in [-0.1, -0.05) is 0 Å². The predicted molar refractivity (Wildman–Crippen MR) is 86.3 cm³/mol. The molecular formula is C16H20O6S. The van der Waals surface area contributed by atoms with Crippen LogP contribution in [0.5, 0.6) is 0 Å². The third-order valence-corrected chi connectivity index (χ3v) is 3.91. The fourth-order valence-electron chi connectivity index (χ4n) is 1.74. The van der Waals surface area contributed by atoms with Gasteiger partial charge in [0.05, 0.1) is 19.8 Å². The third kappa shape index (κ3) is 4.92. The van der Waals surface area contributed by atoms with E-state index in [1.54, 1.807) is 33.1 Å². The summed E-state index contributed by atoms with van der Waals surface area (Å²) in [4.78, 5) is 36.1. The van der Waals surface area contributed by atoms with Crippen LogP contribution in [0.25, 0.3) is 6.08 Å². The van der Waals surface area contributed by atoms with Crippen LogP contribution in [0.3, 0.4) is 0 Å². The summed E-state index contributed by atoms with van der Waals surface area (Å²) in [7, 11) is 0. The molecule has 0 radical (unpaired) electrons. The Bertz CT molecular complexity index is 594. The summed E-state index contributed by atoms with van der Waals surface area (Å²) in [5.74, 6) is -1.94. The highest BCUT2D eigenvalue weighted by atomic mass is 32.1. The van der Waals surface area contributed by atoms with Gasteiger partial charge in [-0.3, -0.25) is 0 Å². The number of hydrogen-bond donors (Lipinski definition) is 0. The molecule has 0 saturated carbocycles. The van der Waals surface area contributed by atoms with Crippen molar-refractivity contribution in [3.63, 3.8) is 0 Å². The number of hydrogen-bond acceptors (Lipinski definition) is 7. The SMILES string of the molecule is CCOC(=O)C(=Cc1csc(C(=O)OCC)c1C)C(=O)OCC. The lowest BCUT2D eigenvalue weighted by Gasteiger charge is -2.06. The summed E-state index contributed by atoms with van der Waals surface area (Å²) in [6.45, 7) is 7.31. The Balaban J connectivity index is 3.19. The van der Waals surface area contributed by atoms with E-state index in [1.165, 1.54) is 17.4 Å². The average Bonchev–Trinajstić information content (AvgIpc) is 2.86. The molecule has 1 rings (SSSR count). The van der Waals surface area contributed by atoms with E-state index in [0.29, 0.717) is 16.0 Å². The van der Waals surface area contributed by atoms with Gasteiger partial charge in [0.15, 0.2) is 0 Å². The van der Waals surface area contributed by atoms with Crippen LogP contribution in [-0.2, 0) is 23.8 Å². The summed E-state index contributed by atoms with van der Waals surface area (Å²) in [5.41, 5.74) is 1.01. The molecule has 126 valence electrons. The van der Waals surface area contributed by atoms with Crippen LogP contribution in [0, 0.1) is 6.92 Å². The number of esters is 3. The Morgan fingerprint density at radius 1 is 1.00 bits per heavy atom. The summed E-state index contributed by atoms with van der Waals surface area (Å²) < 4.78 is 14.7. The lowest BCUT2D eigenvalue weighted by atomic mass is 10.1. The molecule has 0 aliphatic carbocycles. The van der Waals surface area contributed by atoms with Gasteiger partial charge in [0.25, 0.3) is 0 Å². The molecule has 0 bridgehead atoms. The second kappa shape index (κ2) is 9.09. The smallest absolute Gasteiger partial charge is 0.348 e. The van der Waals surface area contributed by atoms with Crippen LogP contribution in [0.15, 0.2) is 11.0 Å². The molecule has 0 aliphatic heterocycles. The zero-order valence-corrected chi connectivity index (χ0v) is 14.5. The Morgan fingerprint density at radius 3 is 2.00 bits per heavy atom. The highest BCUT2D eigenvalue weighted by Crippen LogP contribution is 2.25. The highest BCUT2D eigenvalue weighted by molar-refractivity contribution is 7.12. The first-order valence-corrected chi connectivity index (χ1v) is 8.15. The van der Waals surface area contributed by atoms with Crippen molar-refractivity contribution in [3.8, 4) is 0 Å². The fraction of sp³-hybridized carbons (Fsp3) is 0.438. The maximum atomic E-state index is 11.9. The molecule has 0 unspecified atom stereocenters. The van der Waals surface area contributed by atoms with Crippen LogP contribution in [0.1, 0.15) is 41.6 Å². The standard InChI is InChI=1S/C16H20O6S/c1-5-20-14(17)12(15(18)21-6-2)8-11-9-23-13(10(11)4)16(19)22-7-3/h8-9H,5-7H2,1-4H3. The van der Waals surface area contributed by atoms with Gasteiger partial charge in [0, 0.05) is 0 Å². The highest BCUT2D eigenvalue weighted by Gasteiger charge is 2.23. The van der Waals surface area contributed by atoms with Gasteiger partial charge >= 0.3 is 17.9 Å². The van der Waals surface area contributed by atoms with E-state index < -0.39 is 17.9 Å². The van der Waals surface area contributed by atoms with E-state index in [0.717, 1.165) is 0 Å². The molecule has 0 spiro atoms. The van der Waals surface area contributed by atoms with Crippen molar-refractivity contribution < 1.29 is 28.6 Å². The minimum absolute atomic E-state index is 0.145. The molecule has 7 heteroatoms. The van der Waals surface area contributed by atoms with Crippen molar-refractivity contribution in [1.82, 2.24) is 0 Å². The van der Waals surface area contributed by atoms with Crippen molar-refractivity contribution in [2.75, 3.05) is 19.8 Å².